The SMILES string of the molecule is CCCCC(CC)C(=O)/C=C(\O)C(C)(C)C. The highest BCUT2D eigenvalue weighted by Gasteiger charge is 2.20. The number of allylic oxidation sites excluding steroid dienone is 2. The van der Waals surface area contributed by atoms with E-state index in [0.717, 1.165) is 25.7 Å². The molecule has 0 aliphatic carbocycles. The van der Waals surface area contributed by atoms with Crippen molar-refractivity contribution in [2.75, 3.05) is 0 Å². The maximum atomic E-state index is 11.9. The van der Waals surface area contributed by atoms with E-state index in [9.17, 15) is 9.90 Å². The minimum absolute atomic E-state index is 0.0726. The van der Waals surface area contributed by atoms with Gasteiger partial charge in [0.2, 0.25) is 0 Å². The standard InChI is InChI=1S/C14H26O2/c1-6-8-9-11(7-2)12(15)10-13(16)14(3,4)5/h10-11,16H,6-9H2,1-5H3/b13-10-. The lowest BCUT2D eigenvalue weighted by Gasteiger charge is -2.18. The van der Waals surface area contributed by atoms with Crippen molar-refractivity contribution in [3.63, 3.8) is 0 Å². The highest BCUT2D eigenvalue weighted by atomic mass is 16.3. The zero-order chi connectivity index (χ0) is 12.8. The molecule has 0 rings (SSSR count). The normalized spacial score (nSPS) is 14.9. The van der Waals surface area contributed by atoms with Gasteiger partial charge in [-0.1, -0.05) is 47.5 Å². The number of hydrogen-bond acceptors (Lipinski definition) is 2. The van der Waals surface area contributed by atoms with E-state index >= 15 is 0 Å². The van der Waals surface area contributed by atoms with E-state index in [0.29, 0.717) is 0 Å². The Morgan fingerprint density at radius 3 is 2.25 bits per heavy atom. The number of aliphatic hydroxyl groups is 1. The number of aliphatic hydroxyl groups excluding tert-OH is 1. The van der Waals surface area contributed by atoms with Gasteiger partial charge in [-0.25, -0.2) is 0 Å². The first-order valence-electron chi connectivity index (χ1n) is 6.27. The molecule has 1 atom stereocenters. The first kappa shape index (κ1) is 15.2. The van der Waals surface area contributed by atoms with Gasteiger partial charge in [-0.05, 0) is 12.8 Å². The van der Waals surface area contributed by atoms with Crippen molar-refractivity contribution in [3.05, 3.63) is 11.8 Å². The summed E-state index contributed by atoms with van der Waals surface area (Å²) in [4.78, 5) is 11.9. The van der Waals surface area contributed by atoms with Crippen LogP contribution >= 0.6 is 0 Å². The van der Waals surface area contributed by atoms with E-state index in [1.165, 1.54) is 6.08 Å². The van der Waals surface area contributed by atoms with Gasteiger partial charge in [-0.15, -0.1) is 0 Å². The first-order valence-corrected chi connectivity index (χ1v) is 6.27. The molecule has 0 aromatic rings. The molecule has 2 nitrogen and oxygen atoms in total. The molecule has 0 amide bonds. The van der Waals surface area contributed by atoms with Crippen molar-refractivity contribution in [2.24, 2.45) is 11.3 Å². The van der Waals surface area contributed by atoms with Crippen LogP contribution in [0.1, 0.15) is 60.3 Å². The first-order chi connectivity index (χ1) is 7.32. The van der Waals surface area contributed by atoms with Crippen molar-refractivity contribution in [2.45, 2.75) is 60.3 Å². The number of rotatable bonds is 6. The van der Waals surface area contributed by atoms with Gasteiger partial charge in [-0.3, -0.25) is 4.79 Å². The predicted molar refractivity (Wildman–Crippen MR) is 68.5 cm³/mol. The van der Waals surface area contributed by atoms with E-state index in [-0.39, 0.29) is 22.9 Å². The Kier molecular flexibility index (Phi) is 6.39. The van der Waals surface area contributed by atoms with Crippen LogP contribution < -0.4 is 0 Å². The van der Waals surface area contributed by atoms with Crippen molar-refractivity contribution in [1.82, 2.24) is 0 Å². The molecular weight excluding hydrogens is 200 g/mol. The summed E-state index contributed by atoms with van der Waals surface area (Å²) in [6.07, 6.45) is 5.39. The molecule has 0 aromatic heterocycles. The Labute approximate surface area is 99.7 Å². The molecule has 1 N–H and O–H groups in total. The number of carbonyl (C=O) groups excluding carboxylic acids is 1. The summed E-state index contributed by atoms with van der Waals surface area (Å²) in [5, 5.41) is 9.77. The second kappa shape index (κ2) is 6.72. The quantitative estimate of drug-likeness (QED) is 0.542. The van der Waals surface area contributed by atoms with Crippen LogP contribution in [0.2, 0.25) is 0 Å². The molecule has 0 saturated heterocycles. The number of unbranched alkanes of at least 4 members (excludes halogenated alkanes) is 1. The third-order valence-corrected chi connectivity index (χ3v) is 2.85. The average Bonchev–Trinajstić information content (AvgIpc) is 2.17. The van der Waals surface area contributed by atoms with E-state index < -0.39 is 0 Å². The van der Waals surface area contributed by atoms with Gasteiger partial charge < -0.3 is 5.11 Å². The van der Waals surface area contributed by atoms with Gasteiger partial charge in [0.15, 0.2) is 5.78 Å². The van der Waals surface area contributed by atoms with Gasteiger partial charge in [0.05, 0.1) is 0 Å². The van der Waals surface area contributed by atoms with E-state index in [1.54, 1.807) is 0 Å². The van der Waals surface area contributed by atoms with E-state index in [4.69, 9.17) is 0 Å². The molecule has 16 heavy (non-hydrogen) atoms. The predicted octanol–water partition coefficient (Wildman–Crippen LogP) is 4.26. The third kappa shape index (κ3) is 5.34. The summed E-state index contributed by atoms with van der Waals surface area (Å²) in [6, 6.07) is 0. The highest BCUT2D eigenvalue weighted by Crippen LogP contribution is 2.24. The van der Waals surface area contributed by atoms with Gasteiger partial charge in [-0.2, -0.15) is 0 Å². The average molecular weight is 226 g/mol. The van der Waals surface area contributed by atoms with Crippen LogP contribution in [0.4, 0.5) is 0 Å². The molecule has 0 spiro atoms. The number of ketones is 1. The molecule has 0 aromatic carbocycles. The van der Waals surface area contributed by atoms with Gasteiger partial charge in [0.25, 0.3) is 0 Å². The summed E-state index contributed by atoms with van der Waals surface area (Å²) < 4.78 is 0. The third-order valence-electron chi connectivity index (χ3n) is 2.85. The van der Waals surface area contributed by atoms with Crippen LogP contribution in [0.15, 0.2) is 11.8 Å². The fourth-order valence-corrected chi connectivity index (χ4v) is 1.47. The van der Waals surface area contributed by atoms with Crippen LogP contribution in [-0.2, 0) is 4.79 Å². The van der Waals surface area contributed by atoms with Gasteiger partial charge in [0, 0.05) is 17.4 Å². The van der Waals surface area contributed by atoms with Crippen LogP contribution in [0.3, 0.4) is 0 Å². The Balaban J connectivity index is 4.53. The molecule has 2 heteroatoms. The topological polar surface area (TPSA) is 37.3 Å². The number of hydrogen-bond donors (Lipinski definition) is 1. The monoisotopic (exact) mass is 226 g/mol. The van der Waals surface area contributed by atoms with Crippen LogP contribution in [0.5, 0.6) is 0 Å². The van der Waals surface area contributed by atoms with Crippen LogP contribution in [0, 0.1) is 11.3 Å². The molecule has 94 valence electrons. The molecule has 0 aliphatic heterocycles. The molecule has 0 radical (unpaired) electrons. The van der Waals surface area contributed by atoms with E-state index in [1.807, 2.05) is 27.7 Å². The summed E-state index contributed by atoms with van der Waals surface area (Å²) in [6.45, 7) is 9.86. The molecule has 0 bridgehead atoms. The molecule has 0 heterocycles. The minimum Gasteiger partial charge on any atom is -0.512 e. The molecule has 1 unspecified atom stereocenters. The summed E-state index contributed by atoms with van der Waals surface area (Å²) in [5.41, 5.74) is -0.335. The fraction of sp³-hybridized carbons (Fsp3) is 0.786. The van der Waals surface area contributed by atoms with Gasteiger partial charge >= 0.3 is 0 Å². The smallest absolute Gasteiger partial charge is 0.162 e. The summed E-state index contributed by atoms with van der Waals surface area (Å²) >= 11 is 0. The molecule has 0 fully saturated rings. The van der Waals surface area contributed by atoms with Crippen molar-refractivity contribution in [1.29, 1.82) is 0 Å². The molecule has 0 saturated carbocycles. The summed E-state index contributed by atoms with van der Waals surface area (Å²) in [5.74, 6) is 0.334. The Bertz CT molecular complexity index is 246. The maximum Gasteiger partial charge on any atom is 0.162 e. The Hall–Kier alpha value is -0.790. The van der Waals surface area contributed by atoms with E-state index in [2.05, 4.69) is 6.92 Å². The van der Waals surface area contributed by atoms with Crippen LogP contribution in [0.25, 0.3) is 0 Å². The van der Waals surface area contributed by atoms with Gasteiger partial charge in [0.1, 0.15) is 5.76 Å². The van der Waals surface area contributed by atoms with Crippen molar-refractivity contribution in [3.8, 4) is 0 Å². The molecule has 0 aliphatic rings. The zero-order valence-corrected chi connectivity index (χ0v) is 11.3. The molecular formula is C14H26O2. The minimum atomic E-state index is -0.335. The lowest BCUT2D eigenvalue weighted by atomic mass is 9.89. The lowest BCUT2D eigenvalue weighted by molar-refractivity contribution is -0.118. The summed E-state index contributed by atoms with van der Waals surface area (Å²) in [7, 11) is 0. The Morgan fingerprint density at radius 1 is 1.31 bits per heavy atom. The fourth-order valence-electron chi connectivity index (χ4n) is 1.47. The largest absolute Gasteiger partial charge is 0.512 e. The van der Waals surface area contributed by atoms with Crippen LogP contribution in [-0.4, -0.2) is 10.9 Å². The highest BCUT2D eigenvalue weighted by molar-refractivity contribution is 5.92. The lowest BCUT2D eigenvalue weighted by Crippen LogP contribution is -2.16. The number of carbonyl (C=O) groups is 1. The maximum absolute atomic E-state index is 11.9. The Morgan fingerprint density at radius 2 is 1.88 bits per heavy atom. The second-order valence-corrected chi connectivity index (χ2v) is 5.43. The van der Waals surface area contributed by atoms with Crippen molar-refractivity contribution < 1.29 is 9.90 Å². The zero-order valence-electron chi connectivity index (χ0n) is 11.3. The second-order valence-electron chi connectivity index (χ2n) is 5.43. The van der Waals surface area contributed by atoms with Crippen molar-refractivity contribution >= 4 is 5.78 Å².